The van der Waals surface area contributed by atoms with Crippen LogP contribution in [-0.2, 0) is 48.4 Å². The number of aromatic amines is 1. The lowest BCUT2D eigenvalue weighted by atomic mass is 10.0. The first-order valence-electron chi connectivity index (χ1n) is 26.0. The van der Waals surface area contributed by atoms with E-state index >= 15 is 0 Å². The first-order chi connectivity index (χ1) is 38.2. The molecule has 22 nitrogen and oxygen atoms in total. The van der Waals surface area contributed by atoms with Crippen LogP contribution in [-0.4, -0.2) is 111 Å². The Morgan fingerprint density at radius 2 is 1.61 bits per heavy atom. The third kappa shape index (κ3) is 15.1. The lowest BCUT2D eigenvalue weighted by Crippen LogP contribution is -2.54. The monoisotopic (exact) mass is 1070 g/mol. The molecule has 5 aromatic heterocycles. The minimum absolute atomic E-state index is 0.0171. The van der Waals surface area contributed by atoms with Gasteiger partial charge in [-0.2, -0.15) is 5.10 Å². The minimum Gasteiger partial charge on any atom is -0.445 e. The molecular weight excluding hydrogens is 1010 g/mol. The molecule has 0 aliphatic carbocycles. The average molecular weight is 1070 g/mol. The molecule has 2 aromatic carbocycles. The van der Waals surface area contributed by atoms with E-state index in [0.29, 0.717) is 59.1 Å². The number of aryl methyl sites for hydroxylation is 1. The molecule has 79 heavy (non-hydrogen) atoms. The number of primary amides is 1. The van der Waals surface area contributed by atoms with Gasteiger partial charge in [-0.15, -0.1) is 0 Å². The topological polar surface area (TPSA) is 294 Å². The maximum Gasteiger partial charge on any atom is 0.410 e. The molecule has 408 valence electrons. The number of anilines is 1. The van der Waals surface area contributed by atoms with Crippen LogP contribution in [0.25, 0.3) is 39.4 Å². The van der Waals surface area contributed by atoms with Gasteiger partial charge in [0.2, 0.25) is 17.7 Å². The summed E-state index contributed by atoms with van der Waals surface area (Å²) in [6.07, 6.45) is 10.7. The molecule has 1 unspecified atom stereocenters. The first-order valence-corrected chi connectivity index (χ1v) is 26.0. The van der Waals surface area contributed by atoms with Crippen molar-refractivity contribution >= 4 is 53.0 Å². The number of carbonyl (C=O) groups excluding carboxylic acids is 7. The number of carbonyl (C=O) groups is 7. The Hall–Kier alpha value is -9.60. The van der Waals surface area contributed by atoms with Crippen molar-refractivity contribution in [2.24, 2.45) is 11.7 Å². The highest BCUT2D eigenvalue weighted by Gasteiger charge is 2.30. The largest absolute Gasteiger partial charge is 0.445 e. The second-order valence-corrected chi connectivity index (χ2v) is 19.3. The van der Waals surface area contributed by atoms with Crippen LogP contribution in [0.15, 0.2) is 128 Å². The fourth-order valence-electron chi connectivity index (χ4n) is 8.93. The summed E-state index contributed by atoms with van der Waals surface area (Å²) < 4.78 is 7.69. The predicted molar refractivity (Wildman–Crippen MR) is 293 cm³/mol. The summed E-state index contributed by atoms with van der Waals surface area (Å²) in [5, 5.41) is 15.2. The molecule has 0 saturated carbocycles. The molecular formula is C57H62N14O8. The number of aromatic nitrogens is 7. The van der Waals surface area contributed by atoms with E-state index in [1.807, 2.05) is 79.9 Å². The number of rotatable bonds is 25. The first kappa shape index (κ1) is 55.6. The molecule has 0 saturated heterocycles. The van der Waals surface area contributed by atoms with E-state index in [9.17, 15) is 33.6 Å². The van der Waals surface area contributed by atoms with Crippen LogP contribution in [0.5, 0.6) is 0 Å². The smallest absolute Gasteiger partial charge is 0.410 e. The minimum atomic E-state index is -1.08. The van der Waals surface area contributed by atoms with Crippen LogP contribution in [0.2, 0.25) is 0 Å². The number of pyridine rings is 3. The van der Waals surface area contributed by atoms with Gasteiger partial charge in [0.05, 0.1) is 24.5 Å². The van der Waals surface area contributed by atoms with Crippen LogP contribution in [0.3, 0.4) is 0 Å². The van der Waals surface area contributed by atoms with Crippen LogP contribution in [0, 0.1) is 12.8 Å². The highest BCUT2D eigenvalue weighted by molar-refractivity contribution is 6.12. The van der Waals surface area contributed by atoms with Gasteiger partial charge in [0.25, 0.3) is 11.8 Å². The Kier molecular flexibility index (Phi) is 18.6. The Labute approximate surface area is 455 Å². The number of urea groups is 1. The number of imide groups is 1. The van der Waals surface area contributed by atoms with Gasteiger partial charge in [-0.3, -0.25) is 43.7 Å². The fourth-order valence-corrected chi connectivity index (χ4v) is 8.93. The predicted octanol–water partition coefficient (Wildman–Crippen LogP) is 6.39. The van der Waals surface area contributed by atoms with Gasteiger partial charge >= 0.3 is 12.1 Å². The van der Waals surface area contributed by atoms with Crippen molar-refractivity contribution in [2.75, 3.05) is 18.4 Å². The lowest BCUT2D eigenvalue weighted by Gasteiger charge is -2.25. The second-order valence-electron chi connectivity index (χ2n) is 19.3. The summed E-state index contributed by atoms with van der Waals surface area (Å²) in [7, 11) is 0. The summed E-state index contributed by atoms with van der Waals surface area (Å²) in [6, 6.07) is 25.0. The third-order valence-electron chi connectivity index (χ3n) is 13.0. The van der Waals surface area contributed by atoms with E-state index < -0.39 is 36.0 Å². The second kappa shape index (κ2) is 26.4. The van der Waals surface area contributed by atoms with Gasteiger partial charge in [0, 0.05) is 72.8 Å². The number of nitrogens with one attached hydrogen (secondary N) is 5. The summed E-state index contributed by atoms with van der Waals surface area (Å²) in [5.74, 6) is -2.08. The van der Waals surface area contributed by atoms with Crippen molar-refractivity contribution in [3.8, 4) is 33.8 Å². The van der Waals surface area contributed by atoms with Crippen molar-refractivity contribution in [2.45, 2.75) is 91.1 Å². The van der Waals surface area contributed by atoms with Crippen LogP contribution < -0.4 is 27.0 Å². The number of nitrogens with zero attached hydrogens (tertiary/aromatic N) is 8. The number of hydrogen-bond donors (Lipinski definition) is 6. The quantitative estimate of drug-likeness (QED) is 0.0268. The molecule has 0 radical (unpaired) electrons. The fraction of sp³-hybridized carbons (Fsp3) is 0.298. The third-order valence-corrected chi connectivity index (χ3v) is 13.0. The van der Waals surface area contributed by atoms with E-state index in [-0.39, 0.29) is 75.7 Å². The molecule has 0 spiro atoms. The van der Waals surface area contributed by atoms with E-state index in [0.717, 1.165) is 32.8 Å². The van der Waals surface area contributed by atoms with Gasteiger partial charge in [-0.1, -0.05) is 68.8 Å². The average Bonchev–Trinajstić information content (AvgIpc) is 4.34. The van der Waals surface area contributed by atoms with Gasteiger partial charge in [0.15, 0.2) is 5.65 Å². The molecule has 7 aromatic rings. The Bertz CT molecular complexity index is 3320. The van der Waals surface area contributed by atoms with Crippen molar-refractivity contribution in [1.82, 2.24) is 60.3 Å². The van der Waals surface area contributed by atoms with Gasteiger partial charge < -0.3 is 36.7 Å². The zero-order chi connectivity index (χ0) is 55.8. The number of benzene rings is 2. The number of H-pyrrole nitrogens is 1. The van der Waals surface area contributed by atoms with Gasteiger partial charge in [-0.25, -0.2) is 24.1 Å². The molecule has 6 heterocycles. The summed E-state index contributed by atoms with van der Waals surface area (Å²) in [5.41, 5.74) is 13.0. The van der Waals surface area contributed by atoms with Crippen molar-refractivity contribution < 1.29 is 38.3 Å². The van der Waals surface area contributed by atoms with E-state index in [4.69, 9.17) is 20.4 Å². The van der Waals surface area contributed by atoms with Crippen LogP contribution >= 0.6 is 0 Å². The molecule has 8 amide bonds. The van der Waals surface area contributed by atoms with Crippen molar-refractivity contribution in [3.63, 3.8) is 0 Å². The maximum atomic E-state index is 14.4. The molecule has 1 aliphatic rings. The molecule has 8 rings (SSSR count). The Morgan fingerprint density at radius 3 is 2.35 bits per heavy atom. The summed E-state index contributed by atoms with van der Waals surface area (Å²) >= 11 is 0. The van der Waals surface area contributed by atoms with E-state index in [1.165, 1.54) is 18.5 Å². The van der Waals surface area contributed by atoms with Crippen molar-refractivity contribution in [3.05, 3.63) is 151 Å². The SMILES string of the molecule is Cc1cccc(-c2nc(CN(Cc3ccccc3-c3cccnc3)C(=O)OCc3ccc(NC(=O)[C@H](CCCNC(N)=O)NC(=O)C(NC(=O)CCCCCN4C(=O)C=CC4=O)C(C)C)cc3)[nH]c2-c2ccc3ncnn3c2)n1. The van der Waals surface area contributed by atoms with Crippen molar-refractivity contribution in [1.29, 1.82) is 0 Å². The van der Waals surface area contributed by atoms with Gasteiger partial charge in [0.1, 0.15) is 36.5 Å². The molecule has 0 bridgehead atoms. The standard InChI is InChI=1S/C57H62N14O8/c1-36(2)51(68-48(72)18-5-4-8-29-70-49(73)25-26-50(70)74)55(76)65-45(17-11-28-60-56(58)77)54(75)64-42-22-19-38(20-23-42)34-79-57(78)69(31-40-13-6-7-15-43(40)39-14-10-27-59-30-39)33-46-66-52(41-21-24-47-61-35-62-71(47)32-41)53(67-46)44-16-9-12-37(3)63-44/h6-7,9-10,12-16,19-27,30,32,35-36,45,51H,4-5,8,11,17-18,28-29,31,33-34H2,1-3H3,(H,64,75)(H,65,76)(H,66,67)(H,68,72)(H3,58,60,77)/t45-,51?/m0/s1. The molecule has 7 N–H and O–H groups in total. The number of imidazole rings is 1. The highest BCUT2D eigenvalue weighted by Crippen LogP contribution is 2.31. The molecule has 1 aliphatic heterocycles. The number of hydrogen-bond acceptors (Lipinski definition) is 13. The van der Waals surface area contributed by atoms with E-state index in [1.54, 1.807) is 59.9 Å². The van der Waals surface area contributed by atoms with Gasteiger partial charge in [-0.05, 0) is 97.7 Å². The lowest BCUT2D eigenvalue weighted by molar-refractivity contribution is -0.137. The number of nitrogens with two attached hydrogens (primary N) is 1. The number of unbranched alkanes of at least 4 members (excludes halogenated alkanes) is 2. The molecule has 0 fully saturated rings. The highest BCUT2D eigenvalue weighted by atomic mass is 16.6. The zero-order valence-electron chi connectivity index (χ0n) is 44.1. The number of amides is 8. The number of ether oxygens (including phenoxy) is 1. The van der Waals surface area contributed by atoms with Crippen LogP contribution in [0.1, 0.15) is 75.0 Å². The summed E-state index contributed by atoms with van der Waals surface area (Å²) in [4.78, 5) is 115. The molecule has 2 atom stereocenters. The Morgan fingerprint density at radius 1 is 0.810 bits per heavy atom. The maximum absolute atomic E-state index is 14.4. The normalized spacial score (nSPS) is 12.8. The number of fused-ring (bicyclic) bond motifs is 1. The molecule has 22 heteroatoms. The van der Waals surface area contributed by atoms with E-state index in [2.05, 4.69) is 41.3 Å². The Balaban J connectivity index is 0.939. The van der Waals surface area contributed by atoms with Crippen LogP contribution in [0.4, 0.5) is 15.3 Å². The summed E-state index contributed by atoms with van der Waals surface area (Å²) in [6.45, 7) is 5.88. The zero-order valence-corrected chi connectivity index (χ0v) is 44.1.